The van der Waals surface area contributed by atoms with Crippen LogP contribution in [0.3, 0.4) is 0 Å². The van der Waals surface area contributed by atoms with Crippen molar-refractivity contribution in [1.82, 2.24) is 14.6 Å². The van der Waals surface area contributed by atoms with E-state index in [4.69, 9.17) is 11.6 Å². The summed E-state index contributed by atoms with van der Waals surface area (Å²) in [5, 5.41) is 4.70. The summed E-state index contributed by atoms with van der Waals surface area (Å²) >= 11 is 6.18. The van der Waals surface area contributed by atoms with Gasteiger partial charge in [-0.1, -0.05) is 41.9 Å². The van der Waals surface area contributed by atoms with Crippen LogP contribution in [-0.4, -0.2) is 29.3 Å². The van der Waals surface area contributed by atoms with Gasteiger partial charge in [-0.2, -0.15) is 9.50 Å². The Morgan fingerprint density at radius 3 is 2.56 bits per heavy atom. The lowest BCUT2D eigenvalue weighted by molar-refractivity contribution is 0.650. The highest BCUT2D eigenvalue weighted by Crippen LogP contribution is 2.26. The van der Waals surface area contributed by atoms with Crippen LogP contribution in [0.1, 0.15) is 33.3 Å². The van der Waals surface area contributed by atoms with Crippen LogP contribution in [0.15, 0.2) is 47.1 Å². The van der Waals surface area contributed by atoms with Crippen LogP contribution in [0, 0.1) is 0 Å². The van der Waals surface area contributed by atoms with Gasteiger partial charge in [0.05, 0.1) is 22.3 Å². The summed E-state index contributed by atoms with van der Waals surface area (Å²) in [6.07, 6.45) is 3.39. The zero-order valence-corrected chi connectivity index (χ0v) is 16.1. The average molecular weight is 375 g/mol. The zero-order chi connectivity index (χ0) is 18.2. The van der Waals surface area contributed by atoms with Crippen molar-refractivity contribution in [1.29, 1.82) is 0 Å². The van der Waals surface area contributed by atoms with Crippen LogP contribution in [-0.2, 0) is 11.0 Å². The quantitative estimate of drug-likeness (QED) is 0.641. The predicted octanol–water partition coefficient (Wildman–Crippen LogP) is 4.32. The minimum atomic E-state index is -1.36. The maximum absolute atomic E-state index is 12.4. The summed E-state index contributed by atoms with van der Waals surface area (Å²) in [7, 11) is -1.36. The number of hydrogen-bond acceptors (Lipinski definition) is 3. The summed E-state index contributed by atoms with van der Waals surface area (Å²) in [5.74, 6) is 0. The number of aromatic nitrogens is 3. The maximum Gasteiger partial charge on any atom is 0.174 e. The molecule has 0 saturated carbocycles. The minimum Gasteiger partial charge on any atom is -0.234 e. The maximum atomic E-state index is 12.4. The first-order valence-corrected chi connectivity index (χ1v) is 9.33. The molecule has 3 aromatic rings. The van der Waals surface area contributed by atoms with Gasteiger partial charge < -0.3 is 0 Å². The van der Waals surface area contributed by atoms with E-state index in [9.17, 15) is 4.21 Å². The summed E-state index contributed by atoms with van der Waals surface area (Å²) in [6, 6.07) is 9.79. The standard InChI is InChI=1S/C18H19ClN4OS/c1-12(22-25(24)18(2,3)4)14-11-23-17(15(19)10-20-23)21-16(14)13-8-6-5-7-9-13/h5-11H,1-4H3/b22-12+/t25-/m1/s1. The van der Waals surface area contributed by atoms with Crippen molar-refractivity contribution < 1.29 is 4.21 Å². The van der Waals surface area contributed by atoms with Gasteiger partial charge in [0.25, 0.3) is 0 Å². The van der Waals surface area contributed by atoms with E-state index in [2.05, 4.69) is 14.5 Å². The monoisotopic (exact) mass is 374 g/mol. The fourth-order valence-corrected chi connectivity index (χ4v) is 3.07. The van der Waals surface area contributed by atoms with Gasteiger partial charge >= 0.3 is 0 Å². The van der Waals surface area contributed by atoms with Gasteiger partial charge in [-0.05, 0) is 27.7 Å². The number of rotatable bonds is 3. The van der Waals surface area contributed by atoms with E-state index >= 15 is 0 Å². The molecule has 5 nitrogen and oxygen atoms in total. The molecule has 2 aromatic heterocycles. The van der Waals surface area contributed by atoms with Crippen LogP contribution < -0.4 is 0 Å². The number of nitrogens with zero attached hydrogens (tertiary/aromatic N) is 4. The van der Waals surface area contributed by atoms with Gasteiger partial charge in [0.1, 0.15) is 16.0 Å². The summed E-state index contributed by atoms with van der Waals surface area (Å²) in [5.41, 5.74) is 3.68. The Labute approximate surface area is 154 Å². The van der Waals surface area contributed by atoms with E-state index in [1.54, 1.807) is 10.7 Å². The molecule has 0 saturated heterocycles. The van der Waals surface area contributed by atoms with E-state index in [1.165, 1.54) is 0 Å². The van der Waals surface area contributed by atoms with Crippen LogP contribution in [0.2, 0.25) is 5.02 Å². The first-order chi connectivity index (χ1) is 11.8. The van der Waals surface area contributed by atoms with Crippen molar-refractivity contribution >= 4 is 33.9 Å². The number of hydrogen-bond donors (Lipinski definition) is 0. The second kappa shape index (κ2) is 6.69. The third-order valence-corrected chi connectivity index (χ3v) is 5.39. The molecule has 130 valence electrons. The molecule has 7 heteroatoms. The van der Waals surface area contributed by atoms with Crippen LogP contribution in [0.4, 0.5) is 0 Å². The molecule has 0 N–H and O–H groups in total. The molecular weight excluding hydrogens is 356 g/mol. The molecule has 0 fully saturated rings. The highest BCUT2D eigenvalue weighted by molar-refractivity contribution is 7.85. The largest absolute Gasteiger partial charge is 0.234 e. The van der Waals surface area contributed by atoms with Gasteiger partial charge in [0.15, 0.2) is 5.65 Å². The van der Waals surface area contributed by atoms with Gasteiger partial charge in [-0.15, -0.1) is 0 Å². The molecule has 2 heterocycles. The third-order valence-electron chi connectivity index (χ3n) is 3.63. The Balaban J connectivity index is 2.22. The molecule has 0 spiro atoms. The van der Waals surface area contributed by atoms with Crippen molar-refractivity contribution in [3.63, 3.8) is 0 Å². The average Bonchev–Trinajstić information content (AvgIpc) is 2.94. The van der Waals surface area contributed by atoms with E-state index in [0.29, 0.717) is 16.4 Å². The molecule has 3 rings (SSSR count). The summed E-state index contributed by atoms with van der Waals surface area (Å²) < 4.78 is 18.0. The lowest BCUT2D eigenvalue weighted by Crippen LogP contribution is -2.21. The van der Waals surface area contributed by atoms with Crippen LogP contribution >= 0.6 is 11.6 Å². The predicted molar refractivity (Wildman–Crippen MR) is 104 cm³/mol. The molecule has 0 aliphatic carbocycles. The van der Waals surface area contributed by atoms with E-state index < -0.39 is 15.7 Å². The molecule has 0 aliphatic heterocycles. The summed E-state index contributed by atoms with van der Waals surface area (Å²) in [4.78, 5) is 4.68. The fourth-order valence-electron chi connectivity index (χ4n) is 2.27. The van der Waals surface area contributed by atoms with Gasteiger partial charge in [-0.3, -0.25) is 0 Å². The van der Waals surface area contributed by atoms with Crippen LogP contribution in [0.25, 0.3) is 16.9 Å². The van der Waals surface area contributed by atoms with E-state index in [1.807, 2.05) is 64.2 Å². The fraction of sp³-hybridized carbons (Fsp3) is 0.278. The van der Waals surface area contributed by atoms with Crippen molar-refractivity contribution in [3.05, 3.63) is 53.3 Å². The lowest BCUT2D eigenvalue weighted by Gasteiger charge is -2.15. The van der Waals surface area contributed by atoms with E-state index in [-0.39, 0.29) is 0 Å². The molecule has 0 aliphatic rings. The molecular formula is C18H19ClN4OS. The lowest BCUT2D eigenvalue weighted by atomic mass is 10.0. The van der Waals surface area contributed by atoms with Crippen molar-refractivity contribution in [2.24, 2.45) is 4.40 Å². The number of fused-ring (bicyclic) bond motifs is 1. The van der Waals surface area contributed by atoms with Gasteiger partial charge in [0.2, 0.25) is 0 Å². The minimum absolute atomic E-state index is 0.430. The first-order valence-electron chi connectivity index (χ1n) is 7.84. The van der Waals surface area contributed by atoms with Gasteiger partial charge in [0, 0.05) is 17.3 Å². The van der Waals surface area contributed by atoms with E-state index in [0.717, 1.165) is 16.8 Å². The Kier molecular flexibility index (Phi) is 4.75. The Morgan fingerprint density at radius 1 is 1.24 bits per heavy atom. The smallest absolute Gasteiger partial charge is 0.174 e. The third kappa shape index (κ3) is 3.65. The summed E-state index contributed by atoms with van der Waals surface area (Å²) in [6.45, 7) is 7.52. The van der Waals surface area contributed by atoms with Gasteiger partial charge in [-0.25, -0.2) is 13.7 Å². The molecule has 1 aromatic carbocycles. The molecule has 0 amide bonds. The van der Waals surface area contributed by atoms with Crippen molar-refractivity contribution in [2.45, 2.75) is 32.4 Å². The molecule has 0 radical (unpaired) electrons. The number of benzene rings is 1. The molecule has 1 atom stereocenters. The molecule has 0 bridgehead atoms. The van der Waals surface area contributed by atoms with Crippen LogP contribution in [0.5, 0.6) is 0 Å². The second-order valence-electron chi connectivity index (χ2n) is 6.67. The van der Waals surface area contributed by atoms with Crippen molar-refractivity contribution in [3.8, 4) is 11.3 Å². The SMILES string of the molecule is C/C(=N\[S@](=O)C(C)(C)C)c1cn2ncc(Cl)c2nc1-c1ccccc1. The first kappa shape index (κ1) is 17.8. The topological polar surface area (TPSA) is 59.6 Å². The highest BCUT2D eigenvalue weighted by atomic mass is 35.5. The number of halogens is 1. The molecule has 25 heavy (non-hydrogen) atoms. The Hall–Kier alpha value is -2.05. The van der Waals surface area contributed by atoms with Crippen molar-refractivity contribution in [2.75, 3.05) is 0 Å². The molecule has 0 unspecified atom stereocenters. The Bertz CT molecular complexity index is 974. The highest BCUT2D eigenvalue weighted by Gasteiger charge is 2.21. The Morgan fingerprint density at radius 2 is 1.92 bits per heavy atom. The zero-order valence-electron chi connectivity index (χ0n) is 14.5. The second-order valence-corrected chi connectivity index (χ2v) is 8.98. The normalized spacial score (nSPS) is 14.0.